The van der Waals surface area contributed by atoms with Gasteiger partial charge in [-0.05, 0) is 41.8 Å². The van der Waals surface area contributed by atoms with E-state index in [-0.39, 0.29) is 13.3 Å². The third-order valence-electron chi connectivity index (χ3n) is 4.94. The van der Waals surface area contributed by atoms with Gasteiger partial charge in [-0.2, -0.15) is 43.5 Å². The van der Waals surface area contributed by atoms with Gasteiger partial charge in [-0.15, -0.1) is 0 Å². The van der Waals surface area contributed by atoms with E-state index in [2.05, 4.69) is 9.47 Å². The molecule has 0 amide bonds. The molecular formula is C22H16F10O7S. The highest BCUT2D eigenvalue weighted by Crippen LogP contribution is 2.38. The van der Waals surface area contributed by atoms with Crippen molar-refractivity contribution in [3.05, 3.63) is 70.8 Å². The number of esters is 2. The Bertz CT molecular complexity index is 1300. The summed E-state index contributed by atoms with van der Waals surface area (Å²) in [6, 6.07) is 8.27. The predicted octanol–water partition coefficient (Wildman–Crippen LogP) is 5.59. The summed E-state index contributed by atoms with van der Waals surface area (Å²) in [6.07, 6.45) is -19.9. The Morgan fingerprint density at radius 3 is 1.30 bits per heavy atom. The average Bonchev–Trinajstić information content (AvgIpc) is 2.78. The maximum Gasteiger partial charge on any atom is 0.432 e. The van der Waals surface area contributed by atoms with Gasteiger partial charge >= 0.3 is 39.7 Å². The lowest BCUT2D eigenvalue weighted by molar-refractivity contribution is -0.263. The van der Waals surface area contributed by atoms with E-state index in [1.165, 1.54) is 12.1 Å². The molecule has 0 bridgehead atoms. The number of rotatable bonds is 9. The molecule has 0 saturated carbocycles. The molecule has 0 fully saturated rings. The van der Waals surface area contributed by atoms with Gasteiger partial charge in [0, 0.05) is 6.92 Å². The number of carbonyl (C=O) groups excluding carboxylic acids is 2. The molecule has 0 heterocycles. The number of halogens is 10. The maximum atomic E-state index is 13.6. The fraction of sp³-hybridized carbons (Fsp3) is 0.364. The van der Waals surface area contributed by atoms with Crippen molar-refractivity contribution in [1.29, 1.82) is 0 Å². The molecule has 0 aromatic heterocycles. The van der Waals surface area contributed by atoms with Gasteiger partial charge in [-0.1, -0.05) is 24.3 Å². The van der Waals surface area contributed by atoms with E-state index < -0.39 is 68.9 Å². The Morgan fingerprint density at radius 1 is 0.700 bits per heavy atom. The quantitative estimate of drug-likeness (QED) is 0.223. The van der Waals surface area contributed by atoms with Crippen LogP contribution in [0.5, 0.6) is 0 Å². The predicted molar refractivity (Wildman–Crippen MR) is 113 cm³/mol. The summed E-state index contributed by atoms with van der Waals surface area (Å²) in [7, 11) is -6.62. The smallest absolute Gasteiger partial charge is 0.432 e. The minimum absolute atomic E-state index is 0.0190. The molecule has 0 aliphatic heterocycles. The zero-order chi connectivity index (χ0) is 30.9. The van der Waals surface area contributed by atoms with Crippen molar-refractivity contribution in [2.45, 2.75) is 49.1 Å². The van der Waals surface area contributed by atoms with Crippen LogP contribution in [0, 0.1) is 0 Å². The summed E-state index contributed by atoms with van der Waals surface area (Å²) in [6.45, 7) is -0.0734. The largest absolute Gasteiger partial charge is 0.443 e. The van der Waals surface area contributed by atoms with E-state index in [0.717, 1.165) is 36.4 Å². The first-order valence-electron chi connectivity index (χ1n) is 10.4. The van der Waals surface area contributed by atoms with Crippen molar-refractivity contribution >= 4 is 22.1 Å². The molecule has 2 aromatic carbocycles. The van der Waals surface area contributed by atoms with Crippen molar-refractivity contribution in [1.82, 2.24) is 0 Å². The van der Waals surface area contributed by atoms with Crippen molar-refractivity contribution < 1.29 is 75.9 Å². The molecule has 1 N–H and O–H groups in total. The van der Waals surface area contributed by atoms with Gasteiger partial charge in [-0.25, -0.2) is 18.4 Å². The van der Waals surface area contributed by atoms with Gasteiger partial charge in [0.25, 0.3) is 18.1 Å². The molecule has 2 atom stereocenters. The van der Waals surface area contributed by atoms with Crippen LogP contribution in [0.1, 0.15) is 38.8 Å². The van der Waals surface area contributed by atoms with E-state index in [9.17, 15) is 61.9 Å². The molecule has 0 aliphatic carbocycles. The highest BCUT2D eigenvalue weighted by atomic mass is 32.2. The summed E-state index contributed by atoms with van der Waals surface area (Å²) in [5, 5.41) is -5.91. The lowest BCUT2D eigenvalue weighted by atomic mass is 10.0. The summed E-state index contributed by atoms with van der Waals surface area (Å²) >= 11 is 0. The molecule has 2 rings (SSSR count). The van der Waals surface area contributed by atoms with Crippen LogP contribution >= 0.6 is 0 Å². The standard InChI is InChI=1S/C22H16F10O7S/c1-19(23,24)17(20(25,26)27)38-15(33)13-6-2-11(3-7-13)10-12-4-8-14(9-5-12)16(34)39-18(21(28,29)30)22(31,32)40(35,36)37/h2-9,17-18H,10H2,1H3,(H,35,36,37). The number of hydrogen-bond donors (Lipinski definition) is 1. The minimum atomic E-state index is -6.62. The fourth-order valence-electron chi connectivity index (χ4n) is 3.02. The van der Waals surface area contributed by atoms with Crippen LogP contribution in [0.4, 0.5) is 43.9 Å². The fourth-order valence-corrected chi connectivity index (χ4v) is 3.47. The third kappa shape index (κ3) is 8.06. The molecule has 0 spiro atoms. The van der Waals surface area contributed by atoms with Crippen LogP contribution < -0.4 is 0 Å². The Labute approximate surface area is 218 Å². The van der Waals surface area contributed by atoms with Gasteiger partial charge in [-0.3, -0.25) is 4.55 Å². The normalized spacial score (nSPS) is 14.8. The highest BCUT2D eigenvalue weighted by molar-refractivity contribution is 7.86. The van der Waals surface area contributed by atoms with Gasteiger partial charge in [0.05, 0.1) is 11.1 Å². The molecule has 0 saturated heterocycles. The Hall–Kier alpha value is -3.41. The van der Waals surface area contributed by atoms with E-state index in [0.29, 0.717) is 11.1 Å². The number of alkyl halides is 10. The summed E-state index contributed by atoms with van der Waals surface area (Å²) in [5.74, 6) is -8.11. The van der Waals surface area contributed by atoms with Gasteiger partial charge < -0.3 is 9.47 Å². The number of carbonyl (C=O) groups is 2. The van der Waals surface area contributed by atoms with E-state index >= 15 is 0 Å². The van der Waals surface area contributed by atoms with Gasteiger partial charge in [0.1, 0.15) is 0 Å². The summed E-state index contributed by atoms with van der Waals surface area (Å²) in [4.78, 5) is 23.9. The SMILES string of the molecule is CC(F)(F)C(OC(=O)c1ccc(Cc2ccc(C(=O)OC(C(F)(F)F)C(F)(F)S(=O)(=O)O)cc2)cc1)C(F)(F)F. The second-order valence-corrected chi connectivity index (χ2v) is 9.71. The van der Waals surface area contributed by atoms with Crippen molar-refractivity contribution in [2.75, 3.05) is 0 Å². The first-order valence-corrected chi connectivity index (χ1v) is 11.8. The second-order valence-electron chi connectivity index (χ2n) is 8.22. The third-order valence-corrected chi connectivity index (χ3v) is 5.84. The first kappa shape index (κ1) is 32.8. The summed E-state index contributed by atoms with van der Waals surface area (Å²) < 4.78 is 168. The maximum absolute atomic E-state index is 13.6. The molecule has 0 aliphatic rings. The number of hydrogen-bond acceptors (Lipinski definition) is 6. The topological polar surface area (TPSA) is 107 Å². The van der Waals surface area contributed by atoms with Crippen molar-refractivity contribution in [3.63, 3.8) is 0 Å². The molecule has 2 aromatic rings. The van der Waals surface area contributed by atoms with Gasteiger partial charge in [0.15, 0.2) is 0 Å². The molecule has 0 radical (unpaired) electrons. The van der Waals surface area contributed by atoms with Crippen LogP contribution in [0.3, 0.4) is 0 Å². The molecule has 40 heavy (non-hydrogen) atoms. The van der Waals surface area contributed by atoms with Crippen LogP contribution in [0.2, 0.25) is 0 Å². The van der Waals surface area contributed by atoms with Crippen molar-refractivity contribution in [2.24, 2.45) is 0 Å². The first-order chi connectivity index (χ1) is 17.9. The zero-order valence-corrected chi connectivity index (χ0v) is 20.4. The second kappa shape index (κ2) is 11.2. The average molecular weight is 614 g/mol. The van der Waals surface area contributed by atoms with Crippen LogP contribution in [-0.4, -0.2) is 60.6 Å². The minimum Gasteiger partial charge on any atom is -0.443 e. The van der Waals surface area contributed by atoms with Crippen molar-refractivity contribution in [3.8, 4) is 0 Å². The van der Waals surface area contributed by atoms with Crippen LogP contribution in [0.25, 0.3) is 0 Å². The molecular weight excluding hydrogens is 598 g/mol. The Morgan fingerprint density at radius 2 is 1.02 bits per heavy atom. The van der Waals surface area contributed by atoms with E-state index in [4.69, 9.17) is 4.55 Å². The number of ether oxygens (including phenoxy) is 2. The van der Waals surface area contributed by atoms with Crippen LogP contribution in [-0.2, 0) is 26.0 Å². The zero-order valence-electron chi connectivity index (χ0n) is 19.6. The molecule has 7 nitrogen and oxygen atoms in total. The monoisotopic (exact) mass is 614 g/mol. The molecule has 18 heteroatoms. The van der Waals surface area contributed by atoms with Gasteiger partial charge in [0.2, 0.25) is 0 Å². The Balaban J connectivity index is 2.13. The lowest BCUT2D eigenvalue weighted by Crippen LogP contribution is -2.52. The molecule has 2 unspecified atom stereocenters. The highest BCUT2D eigenvalue weighted by Gasteiger charge is 2.66. The summed E-state index contributed by atoms with van der Waals surface area (Å²) in [5.41, 5.74) is -0.522. The number of benzene rings is 2. The Kier molecular flexibility index (Phi) is 9.20. The molecule has 222 valence electrons. The van der Waals surface area contributed by atoms with E-state index in [1.54, 1.807) is 0 Å². The lowest BCUT2D eigenvalue weighted by Gasteiger charge is -2.26. The van der Waals surface area contributed by atoms with Crippen LogP contribution in [0.15, 0.2) is 48.5 Å². The van der Waals surface area contributed by atoms with E-state index in [1.807, 2.05) is 0 Å².